The van der Waals surface area contributed by atoms with Gasteiger partial charge in [-0.2, -0.15) is 0 Å². The number of hydrogen-bond donors (Lipinski definition) is 1. The largest absolute Gasteiger partial charge is 0.349 e. The number of halogens is 2. The third-order valence-electron chi connectivity index (χ3n) is 3.32. The van der Waals surface area contributed by atoms with Gasteiger partial charge < -0.3 is 5.32 Å². The van der Waals surface area contributed by atoms with E-state index in [4.69, 9.17) is 11.6 Å². The van der Waals surface area contributed by atoms with Crippen molar-refractivity contribution < 1.29 is 9.18 Å². The molecule has 18 heavy (non-hydrogen) atoms. The van der Waals surface area contributed by atoms with E-state index >= 15 is 0 Å². The molecule has 1 N–H and O–H groups in total. The molecular weight excluding hydrogens is 255 g/mol. The second-order valence-corrected chi connectivity index (χ2v) is 5.29. The number of hydrogen-bond acceptors (Lipinski definition) is 2. The lowest BCUT2D eigenvalue weighted by atomic mass is 9.87. The smallest absolute Gasteiger partial charge is 0.254 e. The maximum Gasteiger partial charge on any atom is 0.254 e. The van der Waals surface area contributed by atoms with Gasteiger partial charge in [0.2, 0.25) is 0 Å². The summed E-state index contributed by atoms with van der Waals surface area (Å²) in [4.78, 5) is 15.6. The summed E-state index contributed by atoms with van der Waals surface area (Å²) in [5.74, 6) is -0.280. The minimum atomic E-state index is -0.554. The topological polar surface area (TPSA) is 42.0 Å². The summed E-state index contributed by atoms with van der Waals surface area (Å²) in [7, 11) is 0. The van der Waals surface area contributed by atoms with Crippen LogP contribution in [0.15, 0.2) is 12.3 Å². The van der Waals surface area contributed by atoms with E-state index in [-0.39, 0.29) is 22.7 Å². The molecule has 0 aromatic carbocycles. The molecule has 3 nitrogen and oxygen atoms in total. The first-order valence-electron chi connectivity index (χ1n) is 6.18. The Kier molecular flexibility index (Phi) is 4.17. The minimum Gasteiger partial charge on any atom is -0.349 e. The van der Waals surface area contributed by atoms with E-state index in [0.717, 1.165) is 31.5 Å². The molecule has 1 aromatic rings. The van der Waals surface area contributed by atoms with E-state index in [1.165, 1.54) is 6.42 Å². The fourth-order valence-electron chi connectivity index (χ4n) is 2.41. The SMILES string of the molecule is CC1CCCC(NC(=O)c2cc(F)cnc2Cl)C1. The van der Waals surface area contributed by atoms with Crippen molar-refractivity contribution in [2.45, 2.75) is 38.6 Å². The molecule has 98 valence electrons. The van der Waals surface area contributed by atoms with Gasteiger partial charge in [0, 0.05) is 6.04 Å². The number of nitrogens with zero attached hydrogens (tertiary/aromatic N) is 1. The summed E-state index contributed by atoms with van der Waals surface area (Å²) < 4.78 is 13.0. The zero-order chi connectivity index (χ0) is 13.1. The van der Waals surface area contributed by atoms with Crippen LogP contribution in [0.1, 0.15) is 43.0 Å². The van der Waals surface area contributed by atoms with Crippen LogP contribution in [0.4, 0.5) is 4.39 Å². The predicted molar refractivity (Wildman–Crippen MR) is 68.1 cm³/mol. The van der Waals surface area contributed by atoms with Gasteiger partial charge in [-0.05, 0) is 24.8 Å². The molecule has 1 heterocycles. The molecule has 1 saturated carbocycles. The predicted octanol–water partition coefficient (Wildman–Crippen LogP) is 3.18. The molecule has 1 aromatic heterocycles. The number of amides is 1. The molecule has 1 fully saturated rings. The van der Waals surface area contributed by atoms with E-state index in [9.17, 15) is 9.18 Å². The molecule has 0 radical (unpaired) electrons. The van der Waals surface area contributed by atoms with E-state index in [1.807, 2.05) is 0 Å². The second kappa shape index (κ2) is 5.65. The Morgan fingerprint density at radius 2 is 2.33 bits per heavy atom. The highest BCUT2D eigenvalue weighted by molar-refractivity contribution is 6.32. The third kappa shape index (κ3) is 3.19. The van der Waals surface area contributed by atoms with Gasteiger partial charge in [0.05, 0.1) is 11.8 Å². The summed E-state index contributed by atoms with van der Waals surface area (Å²) in [6, 6.07) is 1.28. The van der Waals surface area contributed by atoms with Crippen LogP contribution in [0.2, 0.25) is 5.15 Å². The van der Waals surface area contributed by atoms with Gasteiger partial charge in [-0.25, -0.2) is 9.37 Å². The molecule has 0 saturated heterocycles. The zero-order valence-corrected chi connectivity index (χ0v) is 11.0. The molecule has 2 unspecified atom stereocenters. The monoisotopic (exact) mass is 270 g/mol. The standard InChI is InChI=1S/C13H16ClFN2O/c1-8-3-2-4-10(5-8)17-13(18)11-6-9(15)7-16-12(11)14/h6-8,10H,2-5H2,1H3,(H,17,18). The van der Waals surface area contributed by atoms with Crippen LogP contribution in [-0.2, 0) is 0 Å². The third-order valence-corrected chi connectivity index (χ3v) is 3.62. The molecule has 1 aliphatic rings. The number of aromatic nitrogens is 1. The lowest BCUT2D eigenvalue weighted by molar-refractivity contribution is 0.0920. The average Bonchev–Trinajstić information content (AvgIpc) is 2.32. The Morgan fingerprint density at radius 1 is 1.56 bits per heavy atom. The molecular formula is C13H16ClFN2O. The fourth-order valence-corrected chi connectivity index (χ4v) is 2.60. The highest BCUT2D eigenvalue weighted by Crippen LogP contribution is 2.24. The van der Waals surface area contributed by atoms with Crippen molar-refractivity contribution in [3.63, 3.8) is 0 Å². The van der Waals surface area contributed by atoms with Crippen molar-refractivity contribution in [2.24, 2.45) is 5.92 Å². The molecule has 5 heteroatoms. The maximum absolute atomic E-state index is 13.0. The van der Waals surface area contributed by atoms with Crippen LogP contribution in [0.3, 0.4) is 0 Å². The van der Waals surface area contributed by atoms with Crippen molar-refractivity contribution in [2.75, 3.05) is 0 Å². The van der Waals surface area contributed by atoms with Crippen LogP contribution in [0, 0.1) is 11.7 Å². The highest BCUT2D eigenvalue weighted by atomic mass is 35.5. The van der Waals surface area contributed by atoms with Crippen LogP contribution in [0.25, 0.3) is 0 Å². The summed E-state index contributed by atoms with van der Waals surface area (Å²) in [5, 5.41) is 2.94. The van der Waals surface area contributed by atoms with E-state index in [1.54, 1.807) is 0 Å². The average molecular weight is 271 g/mol. The van der Waals surface area contributed by atoms with E-state index in [2.05, 4.69) is 17.2 Å². The van der Waals surface area contributed by atoms with Gasteiger partial charge in [-0.3, -0.25) is 4.79 Å². The first kappa shape index (κ1) is 13.3. The number of nitrogens with one attached hydrogen (secondary N) is 1. The molecule has 0 bridgehead atoms. The van der Waals surface area contributed by atoms with Crippen molar-refractivity contribution in [3.8, 4) is 0 Å². The summed E-state index contributed by atoms with van der Waals surface area (Å²) in [6.45, 7) is 2.18. The van der Waals surface area contributed by atoms with Gasteiger partial charge >= 0.3 is 0 Å². The fraction of sp³-hybridized carbons (Fsp3) is 0.538. The summed E-state index contributed by atoms with van der Waals surface area (Å²) in [5.41, 5.74) is 0.106. The van der Waals surface area contributed by atoms with Gasteiger partial charge in [0.15, 0.2) is 0 Å². The Hall–Kier alpha value is -1.16. The molecule has 2 atom stereocenters. The van der Waals surface area contributed by atoms with E-state index < -0.39 is 5.82 Å². The maximum atomic E-state index is 13.0. The van der Waals surface area contributed by atoms with Crippen LogP contribution >= 0.6 is 11.6 Å². The quantitative estimate of drug-likeness (QED) is 0.839. The summed E-state index contributed by atoms with van der Waals surface area (Å²) in [6.07, 6.45) is 5.25. The Bertz CT molecular complexity index is 453. The summed E-state index contributed by atoms with van der Waals surface area (Å²) >= 11 is 5.80. The first-order valence-corrected chi connectivity index (χ1v) is 6.56. The van der Waals surface area contributed by atoms with Gasteiger partial charge in [0.25, 0.3) is 5.91 Å². The van der Waals surface area contributed by atoms with Crippen LogP contribution < -0.4 is 5.32 Å². The second-order valence-electron chi connectivity index (χ2n) is 4.93. The Morgan fingerprint density at radius 3 is 3.06 bits per heavy atom. The number of carbonyl (C=O) groups excluding carboxylic acids is 1. The first-order chi connectivity index (χ1) is 8.56. The Labute approximate surface area is 111 Å². The van der Waals surface area contributed by atoms with Gasteiger partial charge in [0.1, 0.15) is 11.0 Å². The highest BCUT2D eigenvalue weighted by Gasteiger charge is 2.22. The number of carbonyl (C=O) groups is 1. The molecule has 2 rings (SSSR count). The normalized spacial score (nSPS) is 23.7. The van der Waals surface area contributed by atoms with Crippen molar-refractivity contribution in [1.82, 2.24) is 10.3 Å². The van der Waals surface area contributed by atoms with Crippen LogP contribution in [-0.4, -0.2) is 16.9 Å². The lowest BCUT2D eigenvalue weighted by Gasteiger charge is -2.27. The number of rotatable bonds is 2. The lowest BCUT2D eigenvalue weighted by Crippen LogP contribution is -2.38. The zero-order valence-electron chi connectivity index (χ0n) is 10.2. The van der Waals surface area contributed by atoms with Crippen molar-refractivity contribution in [3.05, 3.63) is 28.8 Å². The Balaban J connectivity index is 2.05. The van der Waals surface area contributed by atoms with Gasteiger partial charge in [-0.15, -0.1) is 0 Å². The number of pyridine rings is 1. The van der Waals surface area contributed by atoms with Crippen molar-refractivity contribution >= 4 is 17.5 Å². The van der Waals surface area contributed by atoms with E-state index in [0.29, 0.717) is 5.92 Å². The molecule has 0 spiro atoms. The van der Waals surface area contributed by atoms with Gasteiger partial charge in [-0.1, -0.05) is 31.4 Å². The van der Waals surface area contributed by atoms with Crippen molar-refractivity contribution in [1.29, 1.82) is 0 Å². The molecule has 0 aliphatic heterocycles. The molecule has 1 amide bonds. The van der Waals surface area contributed by atoms with Crippen LogP contribution in [0.5, 0.6) is 0 Å². The minimum absolute atomic E-state index is 0.0396. The molecule has 1 aliphatic carbocycles.